The monoisotopic (exact) mass is 454 g/mol. The fourth-order valence-corrected chi connectivity index (χ4v) is 3.31. The Morgan fingerprint density at radius 3 is 1.88 bits per heavy atom. The van der Waals surface area contributed by atoms with Crippen molar-refractivity contribution in [1.82, 2.24) is 0 Å². The maximum Gasteiger partial charge on any atom is 0.516 e. The summed E-state index contributed by atoms with van der Waals surface area (Å²) in [4.78, 5) is 39.2. The summed E-state index contributed by atoms with van der Waals surface area (Å²) in [6.45, 7) is 9.02. The molecule has 0 aliphatic rings. The third kappa shape index (κ3) is 8.37. The van der Waals surface area contributed by atoms with Gasteiger partial charge in [-0.15, -0.1) is 0 Å². The zero-order chi connectivity index (χ0) is 24.5. The summed E-state index contributed by atoms with van der Waals surface area (Å²) < 4.78 is 15.8. The Labute approximate surface area is 196 Å². The van der Waals surface area contributed by atoms with Gasteiger partial charge in [-0.05, 0) is 57.1 Å². The van der Waals surface area contributed by atoms with Crippen LogP contribution in [0.3, 0.4) is 0 Å². The molecule has 6 nitrogen and oxygen atoms in total. The first-order valence-electron chi connectivity index (χ1n) is 11.2. The minimum Gasteiger partial charge on any atom is -0.460 e. The second-order valence-corrected chi connectivity index (χ2v) is 9.59. The van der Waals surface area contributed by atoms with Crippen LogP contribution in [0.5, 0.6) is 0 Å². The third-order valence-electron chi connectivity index (χ3n) is 5.06. The second-order valence-electron chi connectivity index (χ2n) is 9.59. The highest BCUT2D eigenvalue weighted by Gasteiger charge is 2.50. The van der Waals surface area contributed by atoms with E-state index in [0.717, 1.165) is 11.1 Å². The zero-order valence-corrected chi connectivity index (χ0v) is 20.1. The summed E-state index contributed by atoms with van der Waals surface area (Å²) >= 11 is 0. The van der Waals surface area contributed by atoms with Crippen LogP contribution in [0.15, 0.2) is 60.7 Å². The van der Waals surface area contributed by atoms with E-state index in [9.17, 15) is 14.4 Å². The molecule has 0 radical (unpaired) electrons. The van der Waals surface area contributed by atoms with Crippen LogP contribution in [0.4, 0.5) is 4.79 Å². The maximum absolute atomic E-state index is 13.5. The van der Waals surface area contributed by atoms with Crippen molar-refractivity contribution in [3.8, 4) is 0 Å². The molecule has 0 fully saturated rings. The van der Waals surface area contributed by atoms with Gasteiger partial charge in [0, 0.05) is 0 Å². The Hall–Kier alpha value is -3.15. The number of hydrogen-bond donors (Lipinski definition) is 0. The summed E-state index contributed by atoms with van der Waals surface area (Å²) in [5.74, 6) is -1.46. The van der Waals surface area contributed by atoms with E-state index in [-0.39, 0.29) is 25.4 Å². The van der Waals surface area contributed by atoms with Gasteiger partial charge in [-0.2, -0.15) is 0 Å². The van der Waals surface area contributed by atoms with Crippen LogP contribution in [-0.2, 0) is 36.8 Å². The van der Waals surface area contributed by atoms with Gasteiger partial charge in [0.15, 0.2) is 5.41 Å². The van der Waals surface area contributed by atoms with Crippen molar-refractivity contribution in [2.75, 3.05) is 0 Å². The first-order chi connectivity index (χ1) is 15.5. The molecule has 0 aliphatic heterocycles. The smallest absolute Gasteiger partial charge is 0.460 e. The van der Waals surface area contributed by atoms with E-state index in [2.05, 4.69) is 0 Å². The molecule has 0 amide bonds. The SMILES string of the molecule is CC(C)CCC(Cc1ccccc1)(C(=O)OCc1ccccc1)C(=O)OC(=O)OC(C)(C)C. The summed E-state index contributed by atoms with van der Waals surface area (Å²) in [5.41, 5.74) is -0.967. The fraction of sp³-hybridized carbons (Fsp3) is 0.444. The molecule has 0 aromatic heterocycles. The lowest BCUT2D eigenvalue weighted by Crippen LogP contribution is -2.45. The van der Waals surface area contributed by atoms with E-state index in [4.69, 9.17) is 14.2 Å². The van der Waals surface area contributed by atoms with E-state index in [1.165, 1.54) is 0 Å². The third-order valence-corrected chi connectivity index (χ3v) is 5.06. The Bertz CT molecular complexity index is 915. The first kappa shape index (κ1) is 26.1. The van der Waals surface area contributed by atoms with Crippen LogP contribution < -0.4 is 0 Å². The van der Waals surface area contributed by atoms with Gasteiger partial charge in [0.2, 0.25) is 0 Å². The number of hydrogen-bond acceptors (Lipinski definition) is 6. The van der Waals surface area contributed by atoms with Crippen molar-refractivity contribution in [3.63, 3.8) is 0 Å². The molecule has 0 bridgehead atoms. The van der Waals surface area contributed by atoms with E-state index < -0.39 is 29.1 Å². The van der Waals surface area contributed by atoms with Gasteiger partial charge >= 0.3 is 18.1 Å². The van der Waals surface area contributed by atoms with E-state index in [1.54, 1.807) is 20.8 Å². The molecule has 2 aromatic carbocycles. The molecule has 178 valence electrons. The maximum atomic E-state index is 13.5. The molecule has 0 saturated carbocycles. The van der Waals surface area contributed by atoms with Crippen LogP contribution >= 0.6 is 0 Å². The minimum absolute atomic E-state index is 0.0115. The molecule has 0 aliphatic carbocycles. The molecule has 1 atom stereocenters. The predicted octanol–water partition coefficient (Wildman–Crippen LogP) is 5.87. The van der Waals surface area contributed by atoms with Crippen molar-refractivity contribution in [3.05, 3.63) is 71.8 Å². The number of ether oxygens (including phenoxy) is 3. The fourth-order valence-electron chi connectivity index (χ4n) is 3.31. The molecule has 2 rings (SSSR count). The highest BCUT2D eigenvalue weighted by molar-refractivity contribution is 6.03. The molecule has 2 aromatic rings. The highest BCUT2D eigenvalue weighted by atomic mass is 16.7. The molecule has 33 heavy (non-hydrogen) atoms. The van der Waals surface area contributed by atoms with E-state index >= 15 is 0 Å². The van der Waals surface area contributed by atoms with Gasteiger partial charge in [0.1, 0.15) is 12.2 Å². The second kappa shape index (κ2) is 11.6. The quantitative estimate of drug-likeness (QED) is 0.348. The molecule has 6 heteroatoms. The Morgan fingerprint density at radius 1 is 0.818 bits per heavy atom. The van der Waals surface area contributed by atoms with Gasteiger partial charge in [-0.1, -0.05) is 74.5 Å². The average molecular weight is 455 g/mol. The van der Waals surface area contributed by atoms with Gasteiger partial charge in [0.25, 0.3) is 0 Å². The summed E-state index contributed by atoms with van der Waals surface area (Å²) in [7, 11) is 0. The molecular weight excluding hydrogens is 420 g/mol. The van der Waals surface area contributed by atoms with Crippen molar-refractivity contribution in [2.45, 2.75) is 66.1 Å². The molecule has 0 saturated heterocycles. The highest BCUT2D eigenvalue weighted by Crippen LogP contribution is 2.35. The Morgan fingerprint density at radius 2 is 1.36 bits per heavy atom. The van der Waals surface area contributed by atoms with Gasteiger partial charge in [-0.3, -0.25) is 9.59 Å². The summed E-state index contributed by atoms with van der Waals surface area (Å²) in [6, 6.07) is 18.4. The van der Waals surface area contributed by atoms with E-state index in [0.29, 0.717) is 6.42 Å². The normalized spacial score (nSPS) is 13.2. The molecule has 1 unspecified atom stereocenters. The van der Waals surface area contributed by atoms with Crippen molar-refractivity contribution in [1.29, 1.82) is 0 Å². The minimum atomic E-state index is -1.68. The Kier molecular flexibility index (Phi) is 9.21. The lowest BCUT2D eigenvalue weighted by atomic mass is 9.76. The average Bonchev–Trinajstić information content (AvgIpc) is 2.74. The first-order valence-corrected chi connectivity index (χ1v) is 11.2. The molecular formula is C27H34O6. The zero-order valence-electron chi connectivity index (χ0n) is 20.1. The van der Waals surface area contributed by atoms with Gasteiger partial charge in [0.05, 0.1) is 0 Å². The van der Waals surface area contributed by atoms with Gasteiger partial charge in [-0.25, -0.2) is 4.79 Å². The largest absolute Gasteiger partial charge is 0.516 e. The standard InChI is InChI=1S/C27H34O6/c1-20(2)16-17-27(18-21-12-8-6-9-13-21,24(29)32-25(30)33-26(3,4)5)23(28)31-19-22-14-10-7-11-15-22/h6-15,20H,16-19H2,1-5H3. The van der Waals surface area contributed by atoms with Crippen LogP contribution in [0, 0.1) is 11.3 Å². The number of carbonyl (C=O) groups is 3. The van der Waals surface area contributed by atoms with Crippen molar-refractivity contribution < 1.29 is 28.6 Å². The Balaban J connectivity index is 2.38. The predicted molar refractivity (Wildman–Crippen MR) is 125 cm³/mol. The summed E-state index contributed by atoms with van der Waals surface area (Å²) in [6.07, 6.45) is -0.341. The molecule has 0 N–H and O–H groups in total. The number of benzene rings is 2. The number of carbonyl (C=O) groups excluding carboxylic acids is 3. The lowest BCUT2D eigenvalue weighted by Gasteiger charge is -2.30. The van der Waals surface area contributed by atoms with Gasteiger partial charge < -0.3 is 14.2 Å². The van der Waals surface area contributed by atoms with Crippen LogP contribution in [0.2, 0.25) is 0 Å². The van der Waals surface area contributed by atoms with Crippen molar-refractivity contribution in [2.24, 2.45) is 11.3 Å². The number of rotatable bonds is 9. The van der Waals surface area contributed by atoms with Crippen LogP contribution in [-0.4, -0.2) is 23.7 Å². The molecule has 0 spiro atoms. The lowest BCUT2D eigenvalue weighted by molar-refractivity contribution is -0.172. The molecule has 0 heterocycles. The van der Waals surface area contributed by atoms with E-state index in [1.807, 2.05) is 74.5 Å². The topological polar surface area (TPSA) is 78.9 Å². The summed E-state index contributed by atoms with van der Waals surface area (Å²) in [5, 5.41) is 0. The van der Waals surface area contributed by atoms with Crippen molar-refractivity contribution >= 4 is 18.1 Å². The number of esters is 2. The van der Waals surface area contributed by atoms with Crippen LogP contribution in [0.1, 0.15) is 58.6 Å². The van der Waals surface area contributed by atoms with Crippen LogP contribution in [0.25, 0.3) is 0 Å².